The van der Waals surface area contributed by atoms with E-state index in [1.807, 2.05) is 24.4 Å². The zero-order valence-corrected chi connectivity index (χ0v) is 14.8. The Morgan fingerprint density at radius 1 is 1.32 bits per heavy atom. The molecule has 2 heterocycles. The van der Waals surface area contributed by atoms with Gasteiger partial charge in [0.05, 0.1) is 10.6 Å². The van der Waals surface area contributed by atoms with Crippen molar-refractivity contribution in [3.8, 4) is 5.75 Å². The number of amides is 3. The van der Waals surface area contributed by atoms with Crippen LogP contribution < -0.4 is 5.32 Å². The Morgan fingerprint density at radius 3 is 2.80 bits per heavy atom. The van der Waals surface area contributed by atoms with Gasteiger partial charge in [0.1, 0.15) is 12.3 Å². The van der Waals surface area contributed by atoms with E-state index in [2.05, 4.69) is 5.32 Å². The zero-order valence-electron chi connectivity index (χ0n) is 13.2. The highest BCUT2D eigenvalue weighted by molar-refractivity contribution is 8.18. The Bertz CT molecular complexity index is 875. The number of nitrogens with zero attached hydrogens (tertiary/aromatic N) is 1. The molecule has 0 aliphatic carbocycles. The molecule has 8 heteroatoms. The first-order valence-corrected chi connectivity index (χ1v) is 9.02. The fraction of sp³-hybridized carbons (Fsp3) is 0.118. The second-order valence-corrected chi connectivity index (χ2v) is 7.32. The average Bonchev–Trinajstić information content (AvgIpc) is 3.15. The molecule has 0 radical (unpaired) electrons. The average molecular weight is 374 g/mol. The number of phenols is 1. The second kappa shape index (κ2) is 7.12. The fourth-order valence-corrected chi connectivity index (χ4v) is 3.78. The number of hydrogen-bond acceptors (Lipinski definition) is 6. The van der Waals surface area contributed by atoms with Crippen LogP contribution in [0.3, 0.4) is 0 Å². The largest absolute Gasteiger partial charge is 0.506 e. The molecule has 1 aromatic carbocycles. The molecule has 2 aromatic rings. The maximum Gasteiger partial charge on any atom is 0.294 e. The normalized spacial score (nSPS) is 15.9. The quantitative estimate of drug-likeness (QED) is 0.632. The summed E-state index contributed by atoms with van der Waals surface area (Å²) in [7, 11) is 0. The summed E-state index contributed by atoms with van der Waals surface area (Å²) in [6, 6.07) is 8.50. The van der Waals surface area contributed by atoms with E-state index >= 15 is 0 Å². The lowest BCUT2D eigenvalue weighted by molar-refractivity contribution is -0.127. The third-order valence-electron chi connectivity index (χ3n) is 3.42. The van der Waals surface area contributed by atoms with Gasteiger partial charge in [-0.1, -0.05) is 12.1 Å². The third kappa shape index (κ3) is 3.92. The van der Waals surface area contributed by atoms with Gasteiger partial charge in [-0.25, -0.2) is 0 Å². The number of phenolic OH excluding ortho intramolecular Hbond substituents is 1. The van der Waals surface area contributed by atoms with Crippen LogP contribution in [0.25, 0.3) is 6.08 Å². The van der Waals surface area contributed by atoms with Crippen LogP contribution in [0.5, 0.6) is 5.75 Å². The molecule has 0 bridgehead atoms. The van der Waals surface area contributed by atoms with Gasteiger partial charge in [-0.05, 0) is 53.9 Å². The maximum atomic E-state index is 12.3. The number of thioether (sulfide) groups is 1. The van der Waals surface area contributed by atoms with Gasteiger partial charge in [-0.2, -0.15) is 0 Å². The Labute approximate surface area is 152 Å². The van der Waals surface area contributed by atoms with E-state index in [0.29, 0.717) is 4.91 Å². The van der Waals surface area contributed by atoms with Crippen molar-refractivity contribution in [2.75, 3.05) is 11.9 Å². The number of carbonyl (C=O) groups excluding carboxylic acids is 3. The van der Waals surface area contributed by atoms with E-state index in [1.54, 1.807) is 18.2 Å². The number of imide groups is 1. The molecule has 1 saturated heterocycles. The molecule has 2 N–H and O–H groups in total. The molecule has 0 saturated carbocycles. The monoisotopic (exact) mass is 374 g/mol. The predicted octanol–water partition coefficient (Wildman–Crippen LogP) is 3.44. The Morgan fingerprint density at radius 2 is 2.12 bits per heavy atom. The van der Waals surface area contributed by atoms with Gasteiger partial charge >= 0.3 is 0 Å². The summed E-state index contributed by atoms with van der Waals surface area (Å²) in [6.07, 6.45) is 1.64. The molecule has 1 aliphatic rings. The van der Waals surface area contributed by atoms with Crippen molar-refractivity contribution in [1.29, 1.82) is 0 Å². The van der Waals surface area contributed by atoms with E-state index in [4.69, 9.17) is 0 Å². The first-order chi connectivity index (χ1) is 11.9. The van der Waals surface area contributed by atoms with E-state index in [-0.39, 0.29) is 11.4 Å². The van der Waals surface area contributed by atoms with E-state index in [0.717, 1.165) is 27.1 Å². The van der Waals surface area contributed by atoms with Crippen molar-refractivity contribution in [2.45, 2.75) is 6.92 Å². The van der Waals surface area contributed by atoms with Crippen molar-refractivity contribution < 1.29 is 19.5 Å². The van der Waals surface area contributed by atoms with Crippen LogP contribution in [0.2, 0.25) is 0 Å². The minimum absolute atomic E-state index is 0.0694. The van der Waals surface area contributed by atoms with Crippen molar-refractivity contribution >= 4 is 51.9 Å². The van der Waals surface area contributed by atoms with Crippen LogP contribution in [-0.2, 0) is 9.59 Å². The third-order valence-corrected chi connectivity index (χ3v) is 5.15. The number of benzene rings is 1. The minimum Gasteiger partial charge on any atom is -0.506 e. The number of nitrogens with one attached hydrogen (secondary N) is 1. The van der Waals surface area contributed by atoms with E-state index in [9.17, 15) is 19.5 Å². The lowest BCUT2D eigenvalue weighted by Crippen LogP contribution is -2.36. The molecule has 1 aliphatic heterocycles. The van der Waals surface area contributed by atoms with Crippen LogP contribution in [0.1, 0.15) is 10.4 Å². The molecule has 3 rings (SSSR count). The number of hydrogen-bond donors (Lipinski definition) is 2. The first kappa shape index (κ1) is 17.2. The van der Waals surface area contributed by atoms with Gasteiger partial charge in [0, 0.05) is 4.88 Å². The SMILES string of the molecule is Cc1ccc(NC(=O)CN2C(=O)S/C(=C\c3cccs3)C2=O)c(O)c1. The molecular formula is C17H14N2O4S2. The molecule has 0 spiro atoms. The summed E-state index contributed by atoms with van der Waals surface area (Å²) in [5.41, 5.74) is 1.08. The van der Waals surface area contributed by atoms with Crippen molar-refractivity contribution in [3.63, 3.8) is 0 Å². The summed E-state index contributed by atoms with van der Waals surface area (Å²) in [5.74, 6) is -1.12. The Balaban J connectivity index is 1.69. The molecule has 0 atom stereocenters. The minimum atomic E-state index is -0.557. The molecule has 1 fully saturated rings. The summed E-state index contributed by atoms with van der Waals surface area (Å²) in [6.45, 7) is 1.41. The molecular weight excluding hydrogens is 360 g/mol. The fourth-order valence-electron chi connectivity index (χ4n) is 2.22. The second-order valence-electron chi connectivity index (χ2n) is 5.35. The maximum absolute atomic E-state index is 12.3. The highest BCUT2D eigenvalue weighted by Gasteiger charge is 2.36. The summed E-state index contributed by atoms with van der Waals surface area (Å²) in [5, 5.41) is 13.7. The molecule has 0 unspecified atom stereocenters. The molecule has 6 nitrogen and oxygen atoms in total. The van der Waals surface area contributed by atoms with Crippen LogP contribution in [0.4, 0.5) is 10.5 Å². The zero-order chi connectivity index (χ0) is 18.0. The lowest BCUT2D eigenvalue weighted by Gasteiger charge is -2.13. The van der Waals surface area contributed by atoms with Gasteiger partial charge in [0.15, 0.2) is 0 Å². The van der Waals surface area contributed by atoms with Gasteiger partial charge in [0.2, 0.25) is 5.91 Å². The van der Waals surface area contributed by atoms with E-state index in [1.165, 1.54) is 17.4 Å². The van der Waals surface area contributed by atoms with Gasteiger partial charge in [-0.3, -0.25) is 19.3 Å². The standard InChI is InChI=1S/C17H14N2O4S2/c1-10-4-5-12(13(20)7-10)18-15(21)9-19-16(22)14(25-17(19)23)8-11-3-2-6-24-11/h2-8,20H,9H2,1H3,(H,18,21)/b14-8-. The molecule has 1 aromatic heterocycles. The lowest BCUT2D eigenvalue weighted by atomic mass is 10.2. The van der Waals surface area contributed by atoms with Crippen molar-refractivity contribution in [3.05, 3.63) is 51.1 Å². The van der Waals surface area contributed by atoms with Gasteiger partial charge < -0.3 is 10.4 Å². The van der Waals surface area contributed by atoms with Crippen LogP contribution in [-0.4, -0.2) is 33.6 Å². The summed E-state index contributed by atoms with van der Waals surface area (Å²) in [4.78, 5) is 38.5. The molecule has 128 valence electrons. The first-order valence-electron chi connectivity index (χ1n) is 7.32. The summed E-state index contributed by atoms with van der Waals surface area (Å²) >= 11 is 2.26. The summed E-state index contributed by atoms with van der Waals surface area (Å²) < 4.78 is 0. The number of carbonyl (C=O) groups is 3. The predicted molar refractivity (Wildman–Crippen MR) is 98.5 cm³/mol. The smallest absolute Gasteiger partial charge is 0.294 e. The van der Waals surface area contributed by atoms with Crippen LogP contribution in [0.15, 0.2) is 40.6 Å². The Hall–Kier alpha value is -2.58. The van der Waals surface area contributed by atoms with Crippen molar-refractivity contribution in [2.24, 2.45) is 0 Å². The number of thiophene rings is 1. The molecule has 25 heavy (non-hydrogen) atoms. The van der Waals surface area contributed by atoms with E-state index < -0.39 is 23.6 Å². The highest BCUT2D eigenvalue weighted by atomic mass is 32.2. The molecule has 3 amide bonds. The number of aromatic hydroxyl groups is 1. The van der Waals surface area contributed by atoms with Crippen LogP contribution in [0, 0.1) is 6.92 Å². The van der Waals surface area contributed by atoms with Crippen molar-refractivity contribution in [1.82, 2.24) is 4.90 Å². The van der Waals surface area contributed by atoms with Gasteiger partial charge in [0.25, 0.3) is 11.1 Å². The van der Waals surface area contributed by atoms with Crippen LogP contribution >= 0.6 is 23.1 Å². The number of rotatable bonds is 4. The Kier molecular flexibility index (Phi) is 4.91. The number of aryl methyl sites for hydroxylation is 1. The van der Waals surface area contributed by atoms with Gasteiger partial charge in [-0.15, -0.1) is 11.3 Å². The highest BCUT2D eigenvalue weighted by Crippen LogP contribution is 2.33. The number of anilines is 1. The topological polar surface area (TPSA) is 86.7 Å².